The summed E-state index contributed by atoms with van der Waals surface area (Å²) < 4.78 is 0. The van der Waals surface area contributed by atoms with E-state index < -0.39 is 0 Å². The zero-order valence-corrected chi connectivity index (χ0v) is 15.8. The second kappa shape index (κ2) is 8.76. The van der Waals surface area contributed by atoms with Gasteiger partial charge in [-0.05, 0) is 65.5 Å². The Bertz CT molecular complexity index is 715. The molecule has 0 fully saturated rings. The van der Waals surface area contributed by atoms with E-state index in [1.807, 2.05) is 20.8 Å². The summed E-state index contributed by atoms with van der Waals surface area (Å²) in [7, 11) is 0. The highest BCUT2D eigenvalue weighted by Crippen LogP contribution is 2.31. The Balaban J connectivity index is 2.25. The molecule has 0 unspecified atom stereocenters. The number of aliphatic imine (C=N–C) groups is 1. The zero-order valence-electron chi connectivity index (χ0n) is 15.8. The molecule has 6 nitrogen and oxygen atoms in total. The fourth-order valence-corrected chi connectivity index (χ4v) is 3.04. The van der Waals surface area contributed by atoms with Crippen molar-refractivity contribution >= 4 is 11.7 Å². The maximum atomic E-state index is 6.07. The number of amidine groups is 1. The third-order valence-electron chi connectivity index (χ3n) is 4.49. The minimum absolute atomic E-state index is 0.425. The lowest BCUT2D eigenvalue weighted by molar-refractivity contribution is 0.842. The lowest BCUT2D eigenvalue weighted by Crippen LogP contribution is -2.20. The number of nitrogens with zero attached hydrogens (tertiary/aromatic N) is 3. The number of hydrogen-bond donors (Lipinski definition) is 3. The monoisotopic (exact) mass is 342 g/mol. The minimum atomic E-state index is 0.425. The first-order valence-corrected chi connectivity index (χ1v) is 8.95. The van der Waals surface area contributed by atoms with Crippen molar-refractivity contribution in [3.8, 4) is 0 Å². The first-order chi connectivity index (χ1) is 12.0. The van der Waals surface area contributed by atoms with Crippen molar-refractivity contribution < 1.29 is 0 Å². The van der Waals surface area contributed by atoms with Crippen LogP contribution in [0, 0.1) is 13.8 Å². The second-order valence-electron chi connectivity index (χ2n) is 6.44. The van der Waals surface area contributed by atoms with E-state index in [1.165, 1.54) is 24.0 Å². The van der Waals surface area contributed by atoms with Gasteiger partial charge in [-0.1, -0.05) is 11.6 Å². The minimum Gasteiger partial charge on any atom is -0.382 e. The van der Waals surface area contributed by atoms with E-state index in [9.17, 15) is 0 Å². The van der Waals surface area contributed by atoms with Gasteiger partial charge in [0.15, 0.2) is 5.82 Å². The Labute approximate surface area is 150 Å². The van der Waals surface area contributed by atoms with Crippen LogP contribution >= 0.6 is 0 Å². The summed E-state index contributed by atoms with van der Waals surface area (Å²) in [6, 6.07) is 0. The summed E-state index contributed by atoms with van der Waals surface area (Å²) in [4.78, 5) is 13.7. The molecule has 1 aromatic rings. The Morgan fingerprint density at radius 2 is 1.96 bits per heavy atom. The molecule has 0 aromatic carbocycles. The highest BCUT2D eigenvalue weighted by Gasteiger charge is 2.17. The van der Waals surface area contributed by atoms with Crippen molar-refractivity contribution in [1.29, 1.82) is 0 Å². The van der Waals surface area contributed by atoms with Crippen molar-refractivity contribution in [2.45, 2.75) is 53.4 Å². The Hall–Kier alpha value is -2.21. The van der Waals surface area contributed by atoms with Gasteiger partial charge in [0.05, 0.1) is 11.4 Å². The largest absolute Gasteiger partial charge is 0.382 e. The molecule has 1 aromatic heterocycles. The van der Waals surface area contributed by atoms with E-state index in [-0.39, 0.29) is 0 Å². The van der Waals surface area contributed by atoms with Gasteiger partial charge < -0.3 is 16.8 Å². The molecule has 0 atom stereocenters. The molecule has 0 bridgehead atoms. The van der Waals surface area contributed by atoms with Gasteiger partial charge in [0, 0.05) is 12.2 Å². The lowest BCUT2D eigenvalue weighted by atomic mass is 10.1. The number of aromatic nitrogens is 2. The number of allylic oxidation sites excluding steroid dienone is 3. The van der Waals surface area contributed by atoms with E-state index in [4.69, 9.17) is 11.5 Å². The van der Waals surface area contributed by atoms with Gasteiger partial charge in [0.1, 0.15) is 11.5 Å². The van der Waals surface area contributed by atoms with Crippen LogP contribution in [0.1, 0.15) is 56.6 Å². The van der Waals surface area contributed by atoms with Gasteiger partial charge in [-0.25, -0.2) is 9.97 Å². The SMILES string of the molecule is C/C=C(/Nc1nc(C)c(C(N)=NCCCN)nc1C)C1=C(C)CCC1. The summed E-state index contributed by atoms with van der Waals surface area (Å²) in [5, 5.41) is 3.46. The van der Waals surface area contributed by atoms with Gasteiger partial charge in [-0.3, -0.25) is 4.99 Å². The summed E-state index contributed by atoms with van der Waals surface area (Å²) in [5.74, 6) is 1.20. The summed E-state index contributed by atoms with van der Waals surface area (Å²) in [5.41, 5.74) is 17.8. The van der Waals surface area contributed by atoms with Crippen LogP contribution in [-0.2, 0) is 0 Å². The molecule has 0 saturated carbocycles. The van der Waals surface area contributed by atoms with Crippen LogP contribution < -0.4 is 16.8 Å². The second-order valence-corrected chi connectivity index (χ2v) is 6.44. The number of nitrogens with one attached hydrogen (secondary N) is 1. The third kappa shape index (κ3) is 4.66. The topological polar surface area (TPSA) is 102 Å². The predicted octanol–water partition coefficient (Wildman–Crippen LogP) is 2.96. The molecular weight excluding hydrogens is 312 g/mol. The quantitative estimate of drug-likeness (QED) is 0.402. The predicted molar refractivity (Wildman–Crippen MR) is 105 cm³/mol. The molecule has 0 aliphatic heterocycles. The molecule has 0 amide bonds. The van der Waals surface area contributed by atoms with Gasteiger partial charge in [0.25, 0.3) is 0 Å². The van der Waals surface area contributed by atoms with Crippen LogP contribution in [0.15, 0.2) is 27.9 Å². The van der Waals surface area contributed by atoms with Crippen molar-refractivity contribution in [1.82, 2.24) is 9.97 Å². The molecule has 0 saturated heterocycles. The molecule has 5 N–H and O–H groups in total. The number of aryl methyl sites for hydroxylation is 2. The highest BCUT2D eigenvalue weighted by atomic mass is 15.0. The molecule has 0 spiro atoms. The molecule has 6 heteroatoms. The molecular formula is C19H30N6. The number of anilines is 1. The summed E-state index contributed by atoms with van der Waals surface area (Å²) in [6.07, 6.45) is 6.43. The van der Waals surface area contributed by atoms with Crippen molar-refractivity contribution in [2.24, 2.45) is 16.5 Å². The zero-order chi connectivity index (χ0) is 18.4. The van der Waals surface area contributed by atoms with Gasteiger partial charge >= 0.3 is 0 Å². The molecule has 0 radical (unpaired) electrons. The van der Waals surface area contributed by atoms with Crippen LogP contribution in [-0.4, -0.2) is 28.9 Å². The molecule has 1 heterocycles. The number of hydrogen-bond acceptors (Lipinski definition) is 5. The van der Waals surface area contributed by atoms with Crippen LogP contribution in [0.2, 0.25) is 0 Å². The molecule has 2 rings (SSSR count). The first-order valence-electron chi connectivity index (χ1n) is 8.95. The maximum Gasteiger partial charge on any atom is 0.152 e. The van der Waals surface area contributed by atoms with Crippen molar-refractivity contribution in [3.05, 3.63) is 40.0 Å². The number of nitrogens with two attached hydrogens (primary N) is 2. The summed E-state index contributed by atoms with van der Waals surface area (Å²) in [6.45, 7) is 9.32. The van der Waals surface area contributed by atoms with E-state index in [2.05, 4.69) is 33.3 Å². The normalized spacial score (nSPS) is 15.9. The third-order valence-corrected chi connectivity index (χ3v) is 4.49. The van der Waals surface area contributed by atoms with Gasteiger partial charge in [-0.15, -0.1) is 0 Å². The Morgan fingerprint density at radius 3 is 2.56 bits per heavy atom. The molecule has 1 aliphatic rings. The highest BCUT2D eigenvalue weighted by molar-refractivity contribution is 5.96. The lowest BCUT2D eigenvalue weighted by Gasteiger charge is -2.16. The van der Waals surface area contributed by atoms with E-state index in [0.717, 1.165) is 35.7 Å². The molecule has 1 aliphatic carbocycles. The number of rotatable bonds is 7. The fourth-order valence-electron chi connectivity index (χ4n) is 3.04. The molecule has 25 heavy (non-hydrogen) atoms. The maximum absolute atomic E-state index is 6.07. The standard InChI is InChI=1S/C19H30N6/c1-5-16(15-9-6-8-12(15)2)25-19-14(4)23-17(13(3)24-19)18(21)22-11-7-10-20/h5H,6-11,20H2,1-4H3,(H2,21,22)(H,24,25)/b16-5+. The van der Waals surface area contributed by atoms with Crippen LogP contribution in [0.25, 0.3) is 0 Å². The smallest absolute Gasteiger partial charge is 0.152 e. The molecule has 136 valence electrons. The Morgan fingerprint density at radius 1 is 1.20 bits per heavy atom. The van der Waals surface area contributed by atoms with Crippen molar-refractivity contribution in [3.63, 3.8) is 0 Å². The van der Waals surface area contributed by atoms with Gasteiger partial charge in [-0.2, -0.15) is 0 Å². The average molecular weight is 342 g/mol. The fraction of sp³-hybridized carbons (Fsp3) is 0.526. The van der Waals surface area contributed by atoms with E-state index in [0.29, 0.717) is 24.6 Å². The van der Waals surface area contributed by atoms with Crippen LogP contribution in [0.4, 0.5) is 5.82 Å². The average Bonchev–Trinajstić information content (AvgIpc) is 3.01. The summed E-state index contributed by atoms with van der Waals surface area (Å²) >= 11 is 0. The van der Waals surface area contributed by atoms with E-state index >= 15 is 0 Å². The van der Waals surface area contributed by atoms with E-state index in [1.54, 1.807) is 0 Å². The van der Waals surface area contributed by atoms with Crippen LogP contribution in [0.5, 0.6) is 0 Å². The first kappa shape index (κ1) is 19.1. The van der Waals surface area contributed by atoms with Gasteiger partial charge in [0.2, 0.25) is 0 Å². The van der Waals surface area contributed by atoms with Crippen molar-refractivity contribution in [2.75, 3.05) is 18.4 Å². The van der Waals surface area contributed by atoms with Crippen LogP contribution in [0.3, 0.4) is 0 Å². The Kier molecular flexibility index (Phi) is 6.70.